The van der Waals surface area contributed by atoms with Crippen LogP contribution in [0.2, 0.25) is 0 Å². The largest absolute Gasteiger partial charge is 0.485 e. The molecule has 0 aliphatic carbocycles. The molecule has 2 aromatic carbocycles. The highest BCUT2D eigenvalue weighted by Crippen LogP contribution is 2.42. The quantitative estimate of drug-likeness (QED) is 0.829. The molecule has 1 aliphatic heterocycles. The number of fused-ring (bicyclic) bond motifs is 1. The summed E-state index contributed by atoms with van der Waals surface area (Å²) in [6.07, 6.45) is 0.855. The van der Waals surface area contributed by atoms with Gasteiger partial charge in [0.05, 0.1) is 0 Å². The fraction of sp³-hybridized carbons (Fsp3) is 0.294. The van der Waals surface area contributed by atoms with Gasteiger partial charge in [0.15, 0.2) is 0 Å². The summed E-state index contributed by atoms with van der Waals surface area (Å²) in [4.78, 5) is 0. The van der Waals surface area contributed by atoms with Gasteiger partial charge in [-0.05, 0) is 42.7 Å². The van der Waals surface area contributed by atoms with Gasteiger partial charge in [0.25, 0.3) is 0 Å². The van der Waals surface area contributed by atoms with Crippen LogP contribution in [0.1, 0.15) is 40.8 Å². The van der Waals surface area contributed by atoms with Gasteiger partial charge in [0.1, 0.15) is 11.9 Å². The summed E-state index contributed by atoms with van der Waals surface area (Å²) >= 11 is 3.49. The average Bonchev–Trinajstić information content (AvgIpc) is 2.38. The van der Waals surface area contributed by atoms with Crippen LogP contribution >= 0.6 is 15.9 Å². The summed E-state index contributed by atoms with van der Waals surface area (Å²) in [7, 11) is 0. The first-order valence-electron chi connectivity index (χ1n) is 6.84. The molecule has 2 N–H and O–H groups in total. The second-order valence-corrected chi connectivity index (χ2v) is 6.35. The van der Waals surface area contributed by atoms with Gasteiger partial charge in [-0.2, -0.15) is 0 Å². The molecule has 1 unspecified atom stereocenters. The highest BCUT2D eigenvalue weighted by molar-refractivity contribution is 9.10. The Hall–Kier alpha value is -1.32. The fourth-order valence-electron chi connectivity index (χ4n) is 2.99. The van der Waals surface area contributed by atoms with Crippen LogP contribution in [-0.2, 0) is 0 Å². The monoisotopic (exact) mass is 331 g/mol. The smallest absolute Gasteiger partial charge is 0.126 e. The van der Waals surface area contributed by atoms with Crippen LogP contribution in [0.3, 0.4) is 0 Å². The molecule has 0 bridgehead atoms. The van der Waals surface area contributed by atoms with Crippen molar-refractivity contribution in [3.05, 3.63) is 63.1 Å². The molecular weight excluding hydrogens is 314 g/mol. The molecule has 2 aromatic rings. The van der Waals surface area contributed by atoms with Crippen LogP contribution in [0, 0.1) is 13.8 Å². The van der Waals surface area contributed by atoms with Crippen molar-refractivity contribution in [1.82, 2.24) is 0 Å². The Balaban J connectivity index is 2.03. The number of rotatable bonds is 1. The zero-order valence-electron chi connectivity index (χ0n) is 11.7. The van der Waals surface area contributed by atoms with Gasteiger partial charge < -0.3 is 10.5 Å². The Morgan fingerprint density at radius 3 is 2.55 bits per heavy atom. The van der Waals surface area contributed by atoms with E-state index in [1.54, 1.807) is 0 Å². The van der Waals surface area contributed by atoms with Crippen molar-refractivity contribution in [2.45, 2.75) is 32.4 Å². The van der Waals surface area contributed by atoms with Crippen molar-refractivity contribution >= 4 is 15.9 Å². The fourth-order valence-corrected chi connectivity index (χ4v) is 3.33. The first-order chi connectivity index (χ1) is 9.56. The van der Waals surface area contributed by atoms with Crippen LogP contribution in [0.4, 0.5) is 0 Å². The maximum Gasteiger partial charge on any atom is 0.126 e. The third kappa shape index (κ3) is 2.36. The van der Waals surface area contributed by atoms with E-state index in [0.717, 1.165) is 22.2 Å². The normalized spacial score (nSPS) is 21.2. The van der Waals surface area contributed by atoms with Gasteiger partial charge in [-0.25, -0.2) is 0 Å². The summed E-state index contributed by atoms with van der Waals surface area (Å²) in [5, 5.41) is 0. The summed E-state index contributed by atoms with van der Waals surface area (Å²) in [5.41, 5.74) is 11.2. The van der Waals surface area contributed by atoms with Gasteiger partial charge in [0, 0.05) is 22.5 Å². The minimum absolute atomic E-state index is 0.0239. The van der Waals surface area contributed by atoms with E-state index < -0.39 is 0 Å². The number of nitrogens with two attached hydrogens (primary N) is 1. The maximum atomic E-state index is 6.33. The molecule has 3 rings (SSSR count). The molecule has 2 atom stereocenters. The molecule has 3 heteroatoms. The average molecular weight is 332 g/mol. The van der Waals surface area contributed by atoms with E-state index in [2.05, 4.69) is 48.0 Å². The summed E-state index contributed by atoms with van der Waals surface area (Å²) in [6, 6.07) is 12.4. The zero-order chi connectivity index (χ0) is 14.3. The number of ether oxygens (including phenoxy) is 1. The van der Waals surface area contributed by atoms with Crippen molar-refractivity contribution in [1.29, 1.82) is 0 Å². The molecular formula is C17H18BrNO. The van der Waals surface area contributed by atoms with Crippen LogP contribution in [0.25, 0.3) is 0 Å². The van der Waals surface area contributed by atoms with Crippen LogP contribution in [0.5, 0.6) is 5.75 Å². The molecule has 0 aromatic heterocycles. The molecule has 0 fully saturated rings. The van der Waals surface area contributed by atoms with Gasteiger partial charge >= 0.3 is 0 Å². The molecule has 2 nitrogen and oxygen atoms in total. The third-order valence-electron chi connectivity index (χ3n) is 3.98. The lowest BCUT2D eigenvalue weighted by Gasteiger charge is -2.32. The topological polar surface area (TPSA) is 35.2 Å². The summed E-state index contributed by atoms with van der Waals surface area (Å²) in [5.74, 6) is 0.894. The minimum Gasteiger partial charge on any atom is -0.485 e. The van der Waals surface area contributed by atoms with E-state index in [1.165, 1.54) is 16.7 Å². The van der Waals surface area contributed by atoms with Gasteiger partial charge in [0.2, 0.25) is 0 Å². The Labute approximate surface area is 128 Å². The van der Waals surface area contributed by atoms with Gasteiger partial charge in [-0.1, -0.05) is 40.2 Å². The van der Waals surface area contributed by atoms with Crippen LogP contribution in [-0.4, -0.2) is 0 Å². The van der Waals surface area contributed by atoms with E-state index in [1.807, 2.05) is 18.2 Å². The lowest BCUT2D eigenvalue weighted by atomic mass is 9.89. The van der Waals surface area contributed by atoms with E-state index in [4.69, 9.17) is 10.5 Å². The molecule has 1 aliphatic rings. The lowest BCUT2D eigenvalue weighted by molar-refractivity contribution is 0.160. The third-order valence-corrected chi connectivity index (χ3v) is 4.47. The highest BCUT2D eigenvalue weighted by atomic mass is 79.9. The first-order valence-corrected chi connectivity index (χ1v) is 7.63. The number of halogens is 1. The zero-order valence-corrected chi connectivity index (χ0v) is 13.3. The number of benzene rings is 2. The van der Waals surface area contributed by atoms with E-state index >= 15 is 0 Å². The van der Waals surface area contributed by atoms with E-state index in [-0.39, 0.29) is 12.1 Å². The standard InChI is InChI=1S/C17H18BrNO/c1-10-4-3-5-11(2)17(10)16-9-14(19)13-7-6-12(18)8-15(13)20-16/h3-8,14,16H,9,19H2,1-2H3/t14-,16?/m0/s1. The minimum atomic E-state index is 0.0239. The molecule has 0 spiro atoms. The van der Waals surface area contributed by atoms with Gasteiger partial charge in [-0.3, -0.25) is 0 Å². The molecule has 0 saturated heterocycles. The SMILES string of the molecule is Cc1cccc(C)c1C1C[C@H](N)c2ccc(Br)cc2O1. The lowest BCUT2D eigenvalue weighted by Crippen LogP contribution is -2.25. The molecule has 0 saturated carbocycles. The molecule has 0 amide bonds. The Kier molecular flexibility index (Phi) is 3.57. The van der Waals surface area contributed by atoms with Crippen molar-refractivity contribution in [2.75, 3.05) is 0 Å². The first kappa shape index (κ1) is 13.7. The van der Waals surface area contributed by atoms with Crippen molar-refractivity contribution in [2.24, 2.45) is 5.73 Å². The molecule has 20 heavy (non-hydrogen) atoms. The molecule has 104 valence electrons. The summed E-state index contributed by atoms with van der Waals surface area (Å²) in [6.45, 7) is 4.27. The van der Waals surface area contributed by atoms with Crippen molar-refractivity contribution in [3.8, 4) is 5.75 Å². The number of hydrogen-bond donors (Lipinski definition) is 1. The predicted molar refractivity (Wildman–Crippen MR) is 85.0 cm³/mol. The van der Waals surface area contributed by atoms with Gasteiger partial charge in [-0.15, -0.1) is 0 Å². The van der Waals surface area contributed by atoms with Crippen molar-refractivity contribution in [3.63, 3.8) is 0 Å². The second-order valence-electron chi connectivity index (χ2n) is 5.44. The van der Waals surface area contributed by atoms with Crippen LogP contribution < -0.4 is 10.5 Å². The maximum absolute atomic E-state index is 6.33. The predicted octanol–water partition coefficient (Wildman–Crippen LogP) is 4.59. The molecule has 1 heterocycles. The van der Waals surface area contributed by atoms with Crippen LogP contribution in [0.15, 0.2) is 40.9 Å². The molecule has 0 radical (unpaired) electrons. The highest BCUT2D eigenvalue weighted by Gasteiger charge is 2.28. The number of hydrogen-bond acceptors (Lipinski definition) is 2. The Bertz CT molecular complexity index is 633. The van der Waals surface area contributed by atoms with E-state index in [0.29, 0.717) is 0 Å². The summed E-state index contributed by atoms with van der Waals surface area (Å²) < 4.78 is 7.24. The Morgan fingerprint density at radius 1 is 1.15 bits per heavy atom. The second kappa shape index (κ2) is 5.23. The van der Waals surface area contributed by atoms with E-state index in [9.17, 15) is 0 Å². The number of aryl methyl sites for hydroxylation is 2. The Morgan fingerprint density at radius 2 is 1.85 bits per heavy atom. The van der Waals surface area contributed by atoms with Crippen molar-refractivity contribution < 1.29 is 4.74 Å².